The molecule has 1 aromatic rings. The molecule has 0 amide bonds. The van der Waals surface area contributed by atoms with Crippen LogP contribution in [0, 0.1) is 0 Å². The number of hydrogen-bond acceptors (Lipinski definition) is 4. The lowest BCUT2D eigenvalue weighted by Crippen LogP contribution is -2.14. The maximum Gasteiger partial charge on any atom is 0.123 e. The summed E-state index contributed by atoms with van der Waals surface area (Å²) in [6, 6.07) is 3.67. The third-order valence-electron chi connectivity index (χ3n) is 1.76. The van der Waals surface area contributed by atoms with Gasteiger partial charge in [-0.1, -0.05) is 6.92 Å². The Morgan fingerprint density at radius 2 is 2.15 bits per heavy atom. The van der Waals surface area contributed by atoms with Gasteiger partial charge in [0, 0.05) is 16.3 Å². The van der Waals surface area contributed by atoms with E-state index in [2.05, 4.69) is 4.98 Å². The Morgan fingerprint density at radius 3 is 2.62 bits per heavy atom. The van der Waals surface area contributed by atoms with Crippen molar-refractivity contribution in [3.63, 3.8) is 0 Å². The zero-order valence-electron chi connectivity index (χ0n) is 7.77. The molecule has 13 heavy (non-hydrogen) atoms. The number of nitrogen functional groups attached to an aromatic ring is 1. The van der Waals surface area contributed by atoms with Crippen molar-refractivity contribution in [3.05, 3.63) is 18.3 Å². The molecule has 0 bridgehead atoms. The summed E-state index contributed by atoms with van der Waals surface area (Å²) in [5.74, 6) is 0.522. The molecule has 0 saturated heterocycles. The Balaban J connectivity index is 2.59. The summed E-state index contributed by atoms with van der Waals surface area (Å²) >= 11 is 1.59. The van der Waals surface area contributed by atoms with Gasteiger partial charge in [-0.25, -0.2) is 4.98 Å². The van der Waals surface area contributed by atoms with E-state index in [0.717, 1.165) is 4.90 Å². The molecule has 4 heteroatoms. The maximum atomic E-state index is 9.27. The van der Waals surface area contributed by atoms with Crippen LogP contribution in [0.1, 0.15) is 13.8 Å². The zero-order chi connectivity index (χ0) is 9.84. The molecule has 3 nitrogen and oxygen atoms in total. The first-order valence-electron chi connectivity index (χ1n) is 4.16. The van der Waals surface area contributed by atoms with Gasteiger partial charge < -0.3 is 10.8 Å². The second-order valence-electron chi connectivity index (χ2n) is 2.98. The molecule has 0 saturated carbocycles. The molecule has 72 valence electrons. The second-order valence-corrected chi connectivity index (χ2v) is 4.43. The first kappa shape index (κ1) is 10.3. The normalized spacial score (nSPS) is 15.3. The SMILES string of the molecule is CC(O)C(C)Sc1ccc(N)nc1. The predicted molar refractivity (Wildman–Crippen MR) is 55.6 cm³/mol. The minimum atomic E-state index is -0.317. The number of thioether (sulfide) groups is 1. The van der Waals surface area contributed by atoms with Crippen molar-refractivity contribution in [2.24, 2.45) is 0 Å². The molecular formula is C9H14N2OS. The molecule has 0 aliphatic carbocycles. The van der Waals surface area contributed by atoms with E-state index in [1.807, 2.05) is 13.0 Å². The van der Waals surface area contributed by atoms with Crippen LogP contribution in [0.3, 0.4) is 0 Å². The molecule has 0 fully saturated rings. The lowest BCUT2D eigenvalue weighted by Gasteiger charge is -2.13. The highest BCUT2D eigenvalue weighted by Gasteiger charge is 2.09. The number of aliphatic hydroxyl groups excluding tert-OH is 1. The van der Waals surface area contributed by atoms with Gasteiger partial charge in [-0.3, -0.25) is 0 Å². The van der Waals surface area contributed by atoms with Crippen molar-refractivity contribution < 1.29 is 5.11 Å². The summed E-state index contributed by atoms with van der Waals surface area (Å²) < 4.78 is 0. The molecular weight excluding hydrogens is 184 g/mol. The van der Waals surface area contributed by atoms with E-state index in [1.54, 1.807) is 30.9 Å². The zero-order valence-corrected chi connectivity index (χ0v) is 8.58. The highest BCUT2D eigenvalue weighted by molar-refractivity contribution is 8.00. The minimum Gasteiger partial charge on any atom is -0.392 e. The van der Waals surface area contributed by atoms with E-state index in [0.29, 0.717) is 5.82 Å². The molecule has 0 spiro atoms. The fraction of sp³-hybridized carbons (Fsp3) is 0.444. The first-order chi connectivity index (χ1) is 6.09. The lowest BCUT2D eigenvalue weighted by molar-refractivity contribution is 0.196. The fourth-order valence-corrected chi connectivity index (χ4v) is 1.66. The van der Waals surface area contributed by atoms with Crippen LogP contribution in [-0.4, -0.2) is 21.4 Å². The Bertz CT molecular complexity index is 261. The summed E-state index contributed by atoms with van der Waals surface area (Å²) in [6.07, 6.45) is 1.40. The third kappa shape index (κ3) is 3.24. The Labute approximate surface area is 82.4 Å². The standard InChI is InChI=1S/C9H14N2OS/c1-6(12)7(2)13-8-3-4-9(10)11-5-8/h3-7,12H,1-2H3,(H2,10,11). The summed E-state index contributed by atoms with van der Waals surface area (Å²) in [5, 5.41) is 9.44. The van der Waals surface area contributed by atoms with E-state index in [-0.39, 0.29) is 11.4 Å². The first-order valence-corrected chi connectivity index (χ1v) is 5.04. The molecule has 3 N–H and O–H groups in total. The average molecular weight is 198 g/mol. The number of rotatable bonds is 3. The van der Waals surface area contributed by atoms with Crippen molar-refractivity contribution in [1.82, 2.24) is 4.98 Å². The number of aliphatic hydroxyl groups is 1. The van der Waals surface area contributed by atoms with E-state index < -0.39 is 0 Å². The van der Waals surface area contributed by atoms with Crippen LogP contribution in [0.2, 0.25) is 0 Å². The van der Waals surface area contributed by atoms with Crippen LogP contribution in [0.25, 0.3) is 0 Å². The van der Waals surface area contributed by atoms with Crippen LogP contribution in [-0.2, 0) is 0 Å². The predicted octanol–water partition coefficient (Wildman–Crippen LogP) is 1.53. The van der Waals surface area contributed by atoms with Crippen molar-refractivity contribution in [1.29, 1.82) is 0 Å². The van der Waals surface area contributed by atoms with E-state index in [4.69, 9.17) is 5.73 Å². The van der Waals surface area contributed by atoms with Crippen LogP contribution >= 0.6 is 11.8 Å². The smallest absolute Gasteiger partial charge is 0.123 e. The van der Waals surface area contributed by atoms with Gasteiger partial charge >= 0.3 is 0 Å². The van der Waals surface area contributed by atoms with Gasteiger partial charge in [-0.05, 0) is 19.1 Å². The molecule has 1 rings (SSSR count). The Kier molecular flexibility index (Phi) is 3.57. The molecule has 1 aromatic heterocycles. The number of aromatic nitrogens is 1. The highest BCUT2D eigenvalue weighted by atomic mass is 32.2. The van der Waals surface area contributed by atoms with Crippen molar-refractivity contribution in [3.8, 4) is 0 Å². The van der Waals surface area contributed by atoms with Gasteiger partial charge in [-0.15, -0.1) is 11.8 Å². The summed E-state index contributed by atoms with van der Waals surface area (Å²) in [4.78, 5) is 5.00. The second kappa shape index (κ2) is 4.48. The number of nitrogens with zero attached hydrogens (tertiary/aromatic N) is 1. The maximum absolute atomic E-state index is 9.27. The number of pyridine rings is 1. The summed E-state index contributed by atoms with van der Waals surface area (Å²) in [7, 11) is 0. The van der Waals surface area contributed by atoms with Gasteiger partial charge in [-0.2, -0.15) is 0 Å². The Hall–Kier alpha value is -0.740. The van der Waals surface area contributed by atoms with Crippen LogP contribution < -0.4 is 5.73 Å². The lowest BCUT2D eigenvalue weighted by atomic mass is 10.3. The van der Waals surface area contributed by atoms with Crippen molar-refractivity contribution in [2.75, 3.05) is 5.73 Å². The fourth-order valence-electron chi connectivity index (χ4n) is 0.775. The molecule has 0 radical (unpaired) electrons. The van der Waals surface area contributed by atoms with Gasteiger partial charge in [0.1, 0.15) is 5.82 Å². The minimum absolute atomic E-state index is 0.172. The molecule has 0 aliphatic rings. The van der Waals surface area contributed by atoms with Crippen LogP contribution in [0.5, 0.6) is 0 Å². The van der Waals surface area contributed by atoms with Crippen LogP contribution in [0.4, 0.5) is 5.82 Å². The topological polar surface area (TPSA) is 59.1 Å². The molecule has 0 aliphatic heterocycles. The molecule has 1 heterocycles. The van der Waals surface area contributed by atoms with Gasteiger partial charge in [0.05, 0.1) is 6.10 Å². The van der Waals surface area contributed by atoms with Crippen LogP contribution in [0.15, 0.2) is 23.2 Å². The van der Waals surface area contributed by atoms with Crippen molar-refractivity contribution >= 4 is 17.6 Å². The van der Waals surface area contributed by atoms with E-state index in [9.17, 15) is 5.11 Å². The molecule has 2 atom stereocenters. The highest BCUT2D eigenvalue weighted by Crippen LogP contribution is 2.24. The number of hydrogen-bond donors (Lipinski definition) is 2. The number of anilines is 1. The third-order valence-corrected chi connectivity index (χ3v) is 3.04. The van der Waals surface area contributed by atoms with Gasteiger partial charge in [0.25, 0.3) is 0 Å². The monoisotopic (exact) mass is 198 g/mol. The van der Waals surface area contributed by atoms with Gasteiger partial charge in [0.15, 0.2) is 0 Å². The molecule has 0 aromatic carbocycles. The molecule has 2 unspecified atom stereocenters. The van der Waals surface area contributed by atoms with Crippen molar-refractivity contribution in [2.45, 2.75) is 30.1 Å². The largest absolute Gasteiger partial charge is 0.392 e. The Morgan fingerprint density at radius 1 is 1.46 bits per heavy atom. The van der Waals surface area contributed by atoms with E-state index >= 15 is 0 Å². The number of nitrogens with two attached hydrogens (primary N) is 1. The quantitative estimate of drug-likeness (QED) is 0.723. The van der Waals surface area contributed by atoms with Gasteiger partial charge in [0.2, 0.25) is 0 Å². The average Bonchev–Trinajstić information content (AvgIpc) is 2.08. The van der Waals surface area contributed by atoms with E-state index in [1.165, 1.54) is 0 Å². The summed E-state index contributed by atoms with van der Waals surface area (Å²) in [5.41, 5.74) is 5.45. The summed E-state index contributed by atoms with van der Waals surface area (Å²) in [6.45, 7) is 3.76.